The van der Waals surface area contributed by atoms with Crippen molar-refractivity contribution in [3.8, 4) is 0 Å². The number of nitrogens with zero attached hydrogens (tertiary/aromatic N) is 1. The minimum absolute atomic E-state index is 0.403. The van der Waals surface area contributed by atoms with Crippen LogP contribution in [0, 0.1) is 5.92 Å². The van der Waals surface area contributed by atoms with Crippen molar-refractivity contribution >= 4 is 34.6 Å². The van der Waals surface area contributed by atoms with Gasteiger partial charge in [-0.1, -0.05) is 30.1 Å². The molecule has 3 N–H and O–H groups in total. The van der Waals surface area contributed by atoms with Gasteiger partial charge >= 0.3 is 0 Å². The molecule has 2 rings (SSSR count). The molecule has 2 unspecified atom stereocenters. The van der Waals surface area contributed by atoms with Gasteiger partial charge in [0.05, 0.1) is 15.7 Å². The van der Waals surface area contributed by atoms with Crippen molar-refractivity contribution in [3.63, 3.8) is 0 Å². The molecule has 18 heavy (non-hydrogen) atoms. The Morgan fingerprint density at radius 1 is 1.33 bits per heavy atom. The van der Waals surface area contributed by atoms with Gasteiger partial charge in [0.1, 0.15) is 0 Å². The molecular weight excluding hydrogens is 269 g/mol. The third-order valence-corrected chi connectivity index (χ3v) is 4.10. The molecule has 1 aliphatic rings. The van der Waals surface area contributed by atoms with Gasteiger partial charge in [0.2, 0.25) is 0 Å². The van der Waals surface area contributed by atoms with Crippen LogP contribution in [0.3, 0.4) is 0 Å². The van der Waals surface area contributed by atoms with E-state index in [1.54, 1.807) is 12.1 Å². The molecular formula is C13H19Cl2N3. The third-order valence-electron chi connectivity index (χ3n) is 3.50. The van der Waals surface area contributed by atoms with Crippen molar-refractivity contribution in [2.45, 2.75) is 19.4 Å². The first-order valence-electron chi connectivity index (χ1n) is 6.17. The zero-order valence-electron chi connectivity index (χ0n) is 10.7. The second kappa shape index (κ2) is 5.55. The number of nitrogens with one attached hydrogen (secondary N) is 1. The van der Waals surface area contributed by atoms with Crippen molar-refractivity contribution in [1.82, 2.24) is 4.90 Å². The van der Waals surface area contributed by atoms with Crippen LogP contribution >= 0.6 is 23.2 Å². The van der Waals surface area contributed by atoms with Gasteiger partial charge in [-0.05, 0) is 38.1 Å². The Bertz CT molecular complexity index is 413. The van der Waals surface area contributed by atoms with Crippen LogP contribution in [0.5, 0.6) is 0 Å². The summed E-state index contributed by atoms with van der Waals surface area (Å²) in [5.74, 6) is 0.563. The number of hydrogen-bond acceptors (Lipinski definition) is 3. The fraction of sp³-hybridized carbons (Fsp3) is 0.538. The predicted molar refractivity (Wildman–Crippen MR) is 79.6 cm³/mol. The van der Waals surface area contributed by atoms with Crippen LogP contribution in [0.1, 0.15) is 13.3 Å². The van der Waals surface area contributed by atoms with Gasteiger partial charge in [0, 0.05) is 18.3 Å². The summed E-state index contributed by atoms with van der Waals surface area (Å²) in [6.07, 6.45) is 1.09. The Balaban J connectivity index is 2.14. The standard InChI is InChI=1S/C13H19Cl2N3/c1-8-7-18(2)4-3-12(8)17-13-10(14)5-9(16)6-11(13)15/h5-6,8,12,17H,3-4,7,16H2,1-2H3. The number of benzene rings is 1. The first-order valence-corrected chi connectivity index (χ1v) is 6.92. The van der Waals surface area contributed by atoms with Crippen molar-refractivity contribution in [1.29, 1.82) is 0 Å². The van der Waals surface area contributed by atoms with Crippen molar-refractivity contribution in [3.05, 3.63) is 22.2 Å². The lowest BCUT2D eigenvalue weighted by Crippen LogP contribution is -2.43. The van der Waals surface area contributed by atoms with E-state index in [2.05, 4.69) is 24.2 Å². The lowest BCUT2D eigenvalue weighted by Gasteiger charge is -2.36. The number of rotatable bonds is 2. The van der Waals surface area contributed by atoms with E-state index in [9.17, 15) is 0 Å². The van der Waals surface area contributed by atoms with Crippen LogP contribution in [0.15, 0.2) is 12.1 Å². The van der Waals surface area contributed by atoms with Gasteiger partial charge in [-0.2, -0.15) is 0 Å². The maximum Gasteiger partial charge on any atom is 0.0722 e. The largest absolute Gasteiger partial charge is 0.399 e. The molecule has 1 aromatic rings. The van der Waals surface area contributed by atoms with Crippen LogP contribution < -0.4 is 11.1 Å². The molecule has 0 saturated carbocycles. The lowest BCUT2D eigenvalue weighted by atomic mass is 9.94. The monoisotopic (exact) mass is 287 g/mol. The summed E-state index contributed by atoms with van der Waals surface area (Å²) < 4.78 is 0. The minimum Gasteiger partial charge on any atom is -0.399 e. The average Bonchev–Trinajstić information content (AvgIpc) is 2.25. The fourth-order valence-electron chi connectivity index (χ4n) is 2.48. The molecule has 100 valence electrons. The first kappa shape index (κ1) is 13.8. The molecule has 0 radical (unpaired) electrons. The molecule has 3 nitrogen and oxygen atoms in total. The third kappa shape index (κ3) is 3.02. The van der Waals surface area contributed by atoms with Crippen LogP contribution in [-0.4, -0.2) is 31.1 Å². The summed E-state index contributed by atoms with van der Waals surface area (Å²) in [5.41, 5.74) is 7.09. The topological polar surface area (TPSA) is 41.3 Å². The second-order valence-corrected chi connectivity index (χ2v) is 5.95. The summed E-state index contributed by atoms with van der Waals surface area (Å²) in [6.45, 7) is 4.42. The van der Waals surface area contributed by atoms with Gasteiger partial charge < -0.3 is 16.0 Å². The molecule has 2 atom stereocenters. The number of nitrogens with two attached hydrogens (primary N) is 1. The van der Waals surface area contributed by atoms with Crippen LogP contribution in [0.25, 0.3) is 0 Å². The van der Waals surface area contributed by atoms with Gasteiger partial charge in [-0.25, -0.2) is 0 Å². The van der Waals surface area contributed by atoms with E-state index in [4.69, 9.17) is 28.9 Å². The Labute approximate surface area is 118 Å². The summed E-state index contributed by atoms with van der Waals surface area (Å²) in [6, 6.07) is 3.87. The van der Waals surface area contributed by atoms with Gasteiger partial charge in [-0.15, -0.1) is 0 Å². The van der Waals surface area contributed by atoms with Crippen molar-refractivity contribution in [2.24, 2.45) is 5.92 Å². The average molecular weight is 288 g/mol. The summed E-state index contributed by atoms with van der Waals surface area (Å²) in [4.78, 5) is 2.34. The molecule has 0 aliphatic carbocycles. The summed E-state index contributed by atoms with van der Waals surface area (Å²) in [7, 11) is 2.15. The molecule has 1 saturated heterocycles. The summed E-state index contributed by atoms with van der Waals surface area (Å²) >= 11 is 12.4. The Hall–Kier alpha value is -0.640. The van der Waals surface area contributed by atoms with Gasteiger partial charge in [0.25, 0.3) is 0 Å². The quantitative estimate of drug-likeness (QED) is 0.820. The normalized spacial score (nSPS) is 25.1. The maximum atomic E-state index is 6.19. The number of anilines is 2. The highest BCUT2D eigenvalue weighted by Gasteiger charge is 2.25. The number of piperidine rings is 1. The van der Waals surface area contributed by atoms with E-state index >= 15 is 0 Å². The van der Waals surface area contributed by atoms with Crippen molar-refractivity contribution in [2.75, 3.05) is 31.2 Å². The highest BCUT2D eigenvalue weighted by Crippen LogP contribution is 2.34. The number of halogens is 2. The second-order valence-electron chi connectivity index (χ2n) is 5.14. The highest BCUT2D eigenvalue weighted by atomic mass is 35.5. The zero-order valence-corrected chi connectivity index (χ0v) is 12.2. The molecule has 1 fully saturated rings. The molecule has 0 aromatic heterocycles. The smallest absolute Gasteiger partial charge is 0.0722 e. The number of likely N-dealkylation sites (tertiary alicyclic amines) is 1. The molecule has 0 spiro atoms. The van der Waals surface area contributed by atoms with Crippen molar-refractivity contribution < 1.29 is 0 Å². The minimum atomic E-state index is 0.403. The number of nitrogen functional groups attached to an aromatic ring is 1. The van der Waals surface area contributed by atoms with Crippen LogP contribution in [-0.2, 0) is 0 Å². The SMILES string of the molecule is CC1CN(C)CCC1Nc1c(Cl)cc(N)cc1Cl. The summed E-state index contributed by atoms with van der Waals surface area (Å²) in [5, 5.41) is 4.65. The number of hydrogen-bond donors (Lipinski definition) is 2. The highest BCUT2D eigenvalue weighted by molar-refractivity contribution is 6.39. The molecule has 1 aliphatic heterocycles. The Morgan fingerprint density at radius 3 is 2.50 bits per heavy atom. The predicted octanol–water partition coefficient (Wildman–Crippen LogP) is 3.33. The van der Waals surface area contributed by atoms with E-state index < -0.39 is 0 Å². The van der Waals surface area contributed by atoms with E-state index in [0.29, 0.717) is 27.7 Å². The van der Waals surface area contributed by atoms with Gasteiger partial charge in [-0.3, -0.25) is 0 Å². The molecule has 0 bridgehead atoms. The molecule has 1 aromatic carbocycles. The Morgan fingerprint density at radius 2 is 1.94 bits per heavy atom. The lowest BCUT2D eigenvalue weighted by molar-refractivity contribution is 0.206. The van der Waals surface area contributed by atoms with E-state index in [0.717, 1.165) is 25.2 Å². The zero-order chi connectivity index (χ0) is 13.3. The van der Waals surface area contributed by atoms with E-state index in [1.807, 2.05) is 0 Å². The first-order chi connectivity index (χ1) is 8.47. The van der Waals surface area contributed by atoms with Crippen LogP contribution in [0.2, 0.25) is 10.0 Å². The van der Waals surface area contributed by atoms with E-state index in [-0.39, 0.29) is 0 Å². The molecule has 5 heteroatoms. The molecule has 1 heterocycles. The Kier molecular flexibility index (Phi) is 4.25. The van der Waals surface area contributed by atoms with Crippen LogP contribution in [0.4, 0.5) is 11.4 Å². The van der Waals surface area contributed by atoms with Gasteiger partial charge in [0.15, 0.2) is 0 Å². The van der Waals surface area contributed by atoms with E-state index in [1.165, 1.54) is 0 Å². The fourth-order valence-corrected chi connectivity index (χ4v) is 3.10. The maximum absolute atomic E-state index is 6.19. The molecule has 0 amide bonds.